The van der Waals surface area contributed by atoms with Gasteiger partial charge in [-0.05, 0) is 12.1 Å². The van der Waals surface area contributed by atoms with Gasteiger partial charge in [0.1, 0.15) is 0 Å². The van der Waals surface area contributed by atoms with Crippen molar-refractivity contribution in [3.05, 3.63) is 34.9 Å². The van der Waals surface area contributed by atoms with Crippen LogP contribution in [0.1, 0.15) is 31.1 Å². The first-order valence-corrected chi connectivity index (χ1v) is 4.72. The van der Waals surface area contributed by atoms with Crippen molar-refractivity contribution in [2.45, 2.75) is 0 Å². The Morgan fingerprint density at radius 1 is 1.19 bits per heavy atom. The molecule has 0 spiro atoms. The molecule has 0 aliphatic carbocycles. The number of imide groups is 1. The lowest BCUT2D eigenvalue weighted by Crippen LogP contribution is -2.25. The molecule has 0 unspecified atom stereocenters. The lowest BCUT2D eigenvalue weighted by Gasteiger charge is -2.11. The molecule has 1 heterocycles. The minimum absolute atomic E-state index is 0.172. The van der Waals surface area contributed by atoms with Crippen molar-refractivity contribution in [2.24, 2.45) is 0 Å². The summed E-state index contributed by atoms with van der Waals surface area (Å²) in [5.74, 6) is -1.25. The molecule has 0 bridgehead atoms. The van der Waals surface area contributed by atoms with Gasteiger partial charge in [-0.2, -0.15) is 0 Å². The van der Waals surface area contributed by atoms with Crippen LogP contribution in [0.15, 0.2) is 18.2 Å². The van der Waals surface area contributed by atoms with Crippen LogP contribution in [0.4, 0.5) is 0 Å². The second kappa shape index (κ2) is 3.44. The zero-order chi connectivity index (χ0) is 11.9. The van der Waals surface area contributed by atoms with Gasteiger partial charge in [0.25, 0.3) is 17.7 Å². The number of carbonyl (C=O) groups is 3. The normalized spacial score (nSPS) is 13.4. The fourth-order valence-corrected chi connectivity index (χ4v) is 1.64. The first-order valence-electron chi connectivity index (χ1n) is 4.72. The second-order valence-electron chi connectivity index (χ2n) is 3.71. The van der Waals surface area contributed by atoms with Crippen molar-refractivity contribution in [3.63, 3.8) is 0 Å². The summed E-state index contributed by atoms with van der Waals surface area (Å²) in [5.41, 5.74) is 0.690. The van der Waals surface area contributed by atoms with Crippen molar-refractivity contribution in [3.8, 4) is 0 Å². The molecule has 2 rings (SSSR count). The van der Waals surface area contributed by atoms with Gasteiger partial charge in [0, 0.05) is 14.1 Å². The molecule has 3 amide bonds. The van der Waals surface area contributed by atoms with E-state index >= 15 is 0 Å². The summed E-state index contributed by atoms with van der Waals surface area (Å²) < 4.78 is 0. The number of nitrogens with one attached hydrogen (secondary N) is 1. The molecule has 1 N–H and O–H groups in total. The Hall–Kier alpha value is -2.17. The van der Waals surface area contributed by atoms with Crippen LogP contribution in [0.3, 0.4) is 0 Å². The summed E-state index contributed by atoms with van der Waals surface area (Å²) in [5, 5.41) is 2.17. The molecule has 1 aromatic rings. The number of benzene rings is 1. The number of carbonyl (C=O) groups excluding carboxylic acids is 3. The minimum Gasteiger partial charge on any atom is -0.345 e. The first-order chi connectivity index (χ1) is 7.52. The average Bonchev–Trinajstić information content (AvgIpc) is 2.54. The molecule has 0 atom stereocenters. The van der Waals surface area contributed by atoms with Gasteiger partial charge in [-0.1, -0.05) is 6.07 Å². The molecule has 0 radical (unpaired) electrons. The molecule has 0 fully saturated rings. The maximum Gasteiger partial charge on any atom is 0.259 e. The van der Waals surface area contributed by atoms with Crippen LogP contribution in [0.25, 0.3) is 0 Å². The van der Waals surface area contributed by atoms with Gasteiger partial charge in [0.05, 0.1) is 16.7 Å². The minimum atomic E-state index is -0.509. The highest BCUT2D eigenvalue weighted by Gasteiger charge is 2.31. The lowest BCUT2D eigenvalue weighted by molar-refractivity contribution is 0.0815. The smallest absolute Gasteiger partial charge is 0.259 e. The van der Waals surface area contributed by atoms with Crippen molar-refractivity contribution in [1.82, 2.24) is 10.2 Å². The molecule has 0 aromatic heterocycles. The molecular weight excluding hydrogens is 208 g/mol. The van der Waals surface area contributed by atoms with E-state index in [0.717, 1.165) is 0 Å². The van der Waals surface area contributed by atoms with E-state index in [1.54, 1.807) is 26.2 Å². The number of hydrogen-bond acceptors (Lipinski definition) is 3. The number of hydrogen-bond donors (Lipinski definition) is 1. The molecule has 1 aromatic carbocycles. The summed E-state index contributed by atoms with van der Waals surface area (Å²) in [6, 6.07) is 4.66. The average molecular weight is 218 g/mol. The number of amides is 3. The Morgan fingerprint density at radius 2 is 1.88 bits per heavy atom. The zero-order valence-electron chi connectivity index (χ0n) is 8.90. The van der Waals surface area contributed by atoms with E-state index in [1.165, 1.54) is 11.0 Å². The van der Waals surface area contributed by atoms with E-state index in [-0.39, 0.29) is 22.6 Å². The molecule has 1 aliphatic heterocycles. The third kappa shape index (κ3) is 1.37. The Kier molecular flexibility index (Phi) is 2.23. The number of fused-ring (bicyclic) bond motifs is 1. The lowest BCUT2D eigenvalue weighted by atomic mass is 10.0. The van der Waals surface area contributed by atoms with Gasteiger partial charge in [-0.25, -0.2) is 0 Å². The summed E-state index contributed by atoms with van der Waals surface area (Å²) in [7, 11) is 3.19. The number of rotatable bonds is 1. The first kappa shape index (κ1) is 10.4. The van der Waals surface area contributed by atoms with Crippen LogP contribution in [0, 0.1) is 0 Å². The fourth-order valence-electron chi connectivity index (χ4n) is 1.64. The van der Waals surface area contributed by atoms with Gasteiger partial charge in [-0.3, -0.25) is 19.7 Å². The van der Waals surface area contributed by atoms with Crippen molar-refractivity contribution in [2.75, 3.05) is 14.1 Å². The molecule has 5 heteroatoms. The predicted molar refractivity (Wildman–Crippen MR) is 56.3 cm³/mol. The number of nitrogens with zero attached hydrogens (tertiary/aromatic N) is 1. The van der Waals surface area contributed by atoms with Gasteiger partial charge in [0.2, 0.25) is 0 Å². The third-order valence-corrected chi connectivity index (χ3v) is 2.40. The topological polar surface area (TPSA) is 66.5 Å². The molecule has 1 aliphatic rings. The Labute approximate surface area is 92.0 Å². The van der Waals surface area contributed by atoms with Crippen LogP contribution in [0.5, 0.6) is 0 Å². The van der Waals surface area contributed by atoms with E-state index in [0.29, 0.717) is 0 Å². The monoisotopic (exact) mass is 218 g/mol. The highest BCUT2D eigenvalue weighted by molar-refractivity contribution is 6.25. The quantitative estimate of drug-likeness (QED) is 0.688. The largest absolute Gasteiger partial charge is 0.345 e. The summed E-state index contributed by atoms with van der Waals surface area (Å²) in [6.07, 6.45) is 0. The van der Waals surface area contributed by atoms with E-state index < -0.39 is 11.8 Å². The fraction of sp³-hybridized carbons (Fsp3) is 0.182. The summed E-state index contributed by atoms with van der Waals surface area (Å²) in [4.78, 5) is 36.0. The van der Waals surface area contributed by atoms with Gasteiger partial charge >= 0.3 is 0 Å². The zero-order valence-corrected chi connectivity index (χ0v) is 8.90. The van der Waals surface area contributed by atoms with Crippen LogP contribution in [-0.2, 0) is 0 Å². The molecule has 16 heavy (non-hydrogen) atoms. The van der Waals surface area contributed by atoms with E-state index in [1.807, 2.05) is 0 Å². The van der Waals surface area contributed by atoms with Crippen molar-refractivity contribution < 1.29 is 14.4 Å². The standard InChI is InChI=1S/C11H10N2O3/c1-13(2)11(16)7-5-3-4-6-8(7)10(15)12-9(6)14/h3-5H,1-2H3,(H,12,14,15). The Bertz CT molecular complexity index is 506. The van der Waals surface area contributed by atoms with Crippen LogP contribution in [0.2, 0.25) is 0 Å². The van der Waals surface area contributed by atoms with Crippen LogP contribution < -0.4 is 5.32 Å². The Morgan fingerprint density at radius 3 is 2.50 bits per heavy atom. The maximum absolute atomic E-state index is 11.8. The van der Waals surface area contributed by atoms with Crippen LogP contribution >= 0.6 is 0 Å². The van der Waals surface area contributed by atoms with E-state index in [9.17, 15) is 14.4 Å². The van der Waals surface area contributed by atoms with Crippen molar-refractivity contribution >= 4 is 17.7 Å². The van der Waals surface area contributed by atoms with Gasteiger partial charge in [-0.15, -0.1) is 0 Å². The maximum atomic E-state index is 11.8. The SMILES string of the molecule is CN(C)C(=O)c1cccc2c1C(=O)NC2=O. The molecular formula is C11H10N2O3. The Balaban J connectivity index is 2.62. The second-order valence-corrected chi connectivity index (χ2v) is 3.71. The third-order valence-electron chi connectivity index (χ3n) is 2.40. The highest BCUT2D eigenvalue weighted by Crippen LogP contribution is 2.20. The van der Waals surface area contributed by atoms with E-state index in [4.69, 9.17) is 0 Å². The van der Waals surface area contributed by atoms with Crippen molar-refractivity contribution in [1.29, 1.82) is 0 Å². The summed E-state index contributed by atoms with van der Waals surface area (Å²) in [6.45, 7) is 0. The van der Waals surface area contributed by atoms with Gasteiger partial charge in [0.15, 0.2) is 0 Å². The molecule has 82 valence electrons. The summed E-state index contributed by atoms with van der Waals surface area (Å²) >= 11 is 0. The molecule has 5 nitrogen and oxygen atoms in total. The highest BCUT2D eigenvalue weighted by atomic mass is 16.2. The molecule has 0 saturated heterocycles. The predicted octanol–water partition coefficient (Wildman–Crippen LogP) is 0.272. The molecule has 0 saturated carbocycles. The van der Waals surface area contributed by atoms with Gasteiger partial charge < -0.3 is 4.90 Å². The van der Waals surface area contributed by atoms with E-state index in [2.05, 4.69) is 5.32 Å². The van der Waals surface area contributed by atoms with Crippen LogP contribution in [-0.4, -0.2) is 36.7 Å².